The van der Waals surface area contributed by atoms with E-state index in [0.29, 0.717) is 12.0 Å². The summed E-state index contributed by atoms with van der Waals surface area (Å²) in [5.41, 5.74) is 0.608. The maximum Gasteiger partial charge on any atom is 0.162 e. The summed E-state index contributed by atoms with van der Waals surface area (Å²) in [4.78, 5) is 14.2. The van der Waals surface area contributed by atoms with E-state index in [2.05, 4.69) is 10.2 Å². The molecule has 0 amide bonds. The Hall–Kier alpha value is -1.26. The maximum absolute atomic E-state index is 12.7. The molecule has 1 aliphatic rings. The third-order valence-corrected chi connectivity index (χ3v) is 3.25. The van der Waals surface area contributed by atoms with Gasteiger partial charge in [0.1, 0.15) is 5.82 Å². The Bertz CT molecular complexity index is 385. The van der Waals surface area contributed by atoms with Crippen molar-refractivity contribution < 1.29 is 9.18 Å². The second-order valence-electron chi connectivity index (χ2n) is 4.63. The van der Waals surface area contributed by atoms with Gasteiger partial charge in [0.05, 0.1) is 0 Å². The topological polar surface area (TPSA) is 32.3 Å². The second-order valence-corrected chi connectivity index (χ2v) is 4.63. The van der Waals surface area contributed by atoms with Gasteiger partial charge >= 0.3 is 0 Å². The number of carbonyl (C=O) groups excluding carboxylic acids is 1. The van der Waals surface area contributed by atoms with Gasteiger partial charge in [0.25, 0.3) is 0 Å². The third kappa shape index (κ3) is 3.89. The molecule has 3 nitrogen and oxygen atoms in total. The zero-order chi connectivity index (χ0) is 12.8. The van der Waals surface area contributed by atoms with Crippen molar-refractivity contribution in [3.63, 3.8) is 0 Å². The lowest BCUT2D eigenvalue weighted by atomic mass is 10.1. The van der Waals surface area contributed by atoms with E-state index in [1.165, 1.54) is 12.1 Å². The van der Waals surface area contributed by atoms with E-state index >= 15 is 0 Å². The Morgan fingerprint density at radius 1 is 1.22 bits per heavy atom. The second kappa shape index (κ2) is 6.61. The number of piperazine rings is 1. The van der Waals surface area contributed by atoms with Crippen LogP contribution < -0.4 is 5.32 Å². The van der Waals surface area contributed by atoms with Crippen LogP contribution in [0.15, 0.2) is 24.3 Å². The zero-order valence-corrected chi connectivity index (χ0v) is 10.5. The van der Waals surface area contributed by atoms with Crippen molar-refractivity contribution in [1.82, 2.24) is 10.2 Å². The first-order valence-electron chi connectivity index (χ1n) is 6.47. The fraction of sp³-hybridized carbons (Fsp3) is 0.500. The Kier molecular flexibility index (Phi) is 4.84. The van der Waals surface area contributed by atoms with Gasteiger partial charge in [0, 0.05) is 38.2 Å². The standard InChI is InChI=1S/C14H19FN2O/c15-13-5-3-12(4-6-13)14(18)2-1-9-17-10-7-16-8-11-17/h3-6,16H,1-2,7-11H2. The van der Waals surface area contributed by atoms with Crippen LogP contribution in [0.3, 0.4) is 0 Å². The lowest BCUT2D eigenvalue weighted by Gasteiger charge is -2.26. The van der Waals surface area contributed by atoms with Crippen LogP contribution in [0.25, 0.3) is 0 Å². The van der Waals surface area contributed by atoms with Gasteiger partial charge in [-0.15, -0.1) is 0 Å². The molecule has 2 rings (SSSR count). The van der Waals surface area contributed by atoms with Crippen LogP contribution >= 0.6 is 0 Å². The predicted octanol–water partition coefficient (Wildman–Crippen LogP) is 1.69. The van der Waals surface area contributed by atoms with Crippen LogP contribution in [0, 0.1) is 5.82 Å². The molecule has 1 saturated heterocycles. The molecule has 1 N–H and O–H groups in total. The van der Waals surface area contributed by atoms with Crippen molar-refractivity contribution in [3.05, 3.63) is 35.6 Å². The van der Waals surface area contributed by atoms with Crippen LogP contribution in [0.1, 0.15) is 23.2 Å². The average molecular weight is 250 g/mol. The summed E-state index contributed by atoms with van der Waals surface area (Å²) in [6.45, 7) is 5.15. The van der Waals surface area contributed by atoms with E-state index < -0.39 is 0 Å². The molecule has 1 aromatic carbocycles. The van der Waals surface area contributed by atoms with Crippen LogP contribution in [-0.4, -0.2) is 43.4 Å². The Balaban J connectivity index is 1.72. The number of nitrogens with zero attached hydrogens (tertiary/aromatic N) is 1. The molecular formula is C14H19FN2O. The number of carbonyl (C=O) groups is 1. The first kappa shape index (κ1) is 13.2. The SMILES string of the molecule is O=C(CCCN1CCNCC1)c1ccc(F)cc1. The van der Waals surface area contributed by atoms with Gasteiger partial charge in [0.2, 0.25) is 0 Å². The highest BCUT2D eigenvalue weighted by molar-refractivity contribution is 5.95. The number of hydrogen-bond donors (Lipinski definition) is 1. The van der Waals surface area contributed by atoms with Gasteiger partial charge in [-0.25, -0.2) is 4.39 Å². The summed E-state index contributed by atoms with van der Waals surface area (Å²) < 4.78 is 12.7. The predicted molar refractivity (Wildman–Crippen MR) is 69.3 cm³/mol. The molecule has 18 heavy (non-hydrogen) atoms. The molecule has 98 valence electrons. The summed E-state index contributed by atoms with van der Waals surface area (Å²) in [7, 11) is 0. The Morgan fingerprint density at radius 2 is 1.89 bits per heavy atom. The molecule has 0 bridgehead atoms. The van der Waals surface area contributed by atoms with Gasteiger partial charge in [-0.2, -0.15) is 0 Å². The number of halogens is 1. The molecule has 0 unspecified atom stereocenters. The van der Waals surface area contributed by atoms with Crippen LogP contribution in [0.4, 0.5) is 4.39 Å². The summed E-state index contributed by atoms with van der Waals surface area (Å²) in [5, 5.41) is 3.30. The monoisotopic (exact) mass is 250 g/mol. The van der Waals surface area contributed by atoms with Gasteiger partial charge in [-0.1, -0.05) is 0 Å². The zero-order valence-electron chi connectivity index (χ0n) is 10.5. The van der Waals surface area contributed by atoms with E-state index in [1.54, 1.807) is 12.1 Å². The average Bonchev–Trinajstić information content (AvgIpc) is 2.40. The lowest BCUT2D eigenvalue weighted by molar-refractivity contribution is 0.0973. The highest BCUT2D eigenvalue weighted by Gasteiger charge is 2.10. The molecule has 1 heterocycles. The number of nitrogens with one attached hydrogen (secondary N) is 1. The highest BCUT2D eigenvalue weighted by Crippen LogP contribution is 2.08. The van der Waals surface area contributed by atoms with Crippen molar-refractivity contribution in [2.75, 3.05) is 32.7 Å². The molecule has 0 radical (unpaired) electrons. The minimum absolute atomic E-state index is 0.102. The van der Waals surface area contributed by atoms with E-state index in [4.69, 9.17) is 0 Å². The van der Waals surface area contributed by atoms with Crippen molar-refractivity contribution in [2.45, 2.75) is 12.8 Å². The number of ketones is 1. The number of Topliss-reactive ketones (excluding diaryl/α,β-unsaturated/α-hetero) is 1. The molecule has 0 atom stereocenters. The van der Waals surface area contributed by atoms with Gasteiger partial charge in [-0.05, 0) is 37.2 Å². The first-order chi connectivity index (χ1) is 8.75. The normalized spacial score (nSPS) is 16.7. The minimum Gasteiger partial charge on any atom is -0.314 e. The summed E-state index contributed by atoms with van der Waals surface area (Å²) in [6, 6.07) is 5.79. The van der Waals surface area contributed by atoms with Crippen LogP contribution in [0.5, 0.6) is 0 Å². The number of rotatable bonds is 5. The van der Waals surface area contributed by atoms with Crippen molar-refractivity contribution >= 4 is 5.78 Å². The fourth-order valence-corrected chi connectivity index (χ4v) is 2.18. The van der Waals surface area contributed by atoms with Crippen LogP contribution in [0.2, 0.25) is 0 Å². The van der Waals surface area contributed by atoms with Gasteiger partial charge in [-0.3, -0.25) is 4.79 Å². The molecule has 4 heteroatoms. The van der Waals surface area contributed by atoms with Crippen molar-refractivity contribution in [2.24, 2.45) is 0 Å². The molecule has 1 aromatic rings. The van der Waals surface area contributed by atoms with E-state index in [9.17, 15) is 9.18 Å². The van der Waals surface area contributed by atoms with Crippen molar-refractivity contribution in [1.29, 1.82) is 0 Å². The number of benzene rings is 1. The van der Waals surface area contributed by atoms with Crippen molar-refractivity contribution in [3.8, 4) is 0 Å². The van der Waals surface area contributed by atoms with Gasteiger partial charge in [0.15, 0.2) is 5.78 Å². The van der Waals surface area contributed by atoms with Crippen LogP contribution in [-0.2, 0) is 0 Å². The number of hydrogen-bond acceptors (Lipinski definition) is 3. The van der Waals surface area contributed by atoms with Gasteiger partial charge < -0.3 is 10.2 Å². The molecule has 0 saturated carbocycles. The minimum atomic E-state index is -0.299. The van der Waals surface area contributed by atoms with E-state index in [-0.39, 0.29) is 11.6 Å². The molecule has 0 aliphatic carbocycles. The molecule has 0 aromatic heterocycles. The van der Waals surface area contributed by atoms with E-state index in [1.807, 2.05) is 0 Å². The summed E-state index contributed by atoms with van der Waals surface area (Å²) >= 11 is 0. The summed E-state index contributed by atoms with van der Waals surface area (Å²) in [5.74, 6) is -0.197. The Labute approximate surface area is 107 Å². The molecule has 1 aliphatic heterocycles. The smallest absolute Gasteiger partial charge is 0.162 e. The summed E-state index contributed by atoms with van der Waals surface area (Å²) in [6.07, 6.45) is 1.41. The fourth-order valence-electron chi connectivity index (χ4n) is 2.18. The third-order valence-electron chi connectivity index (χ3n) is 3.25. The maximum atomic E-state index is 12.7. The lowest BCUT2D eigenvalue weighted by Crippen LogP contribution is -2.43. The molecule has 0 spiro atoms. The highest BCUT2D eigenvalue weighted by atomic mass is 19.1. The molecular weight excluding hydrogens is 231 g/mol. The molecule has 1 fully saturated rings. The largest absolute Gasteiger partial charge is 0.314 e. The van der Waals surface area contributed by atoms with E-state index in [0.717, 1.165) is 39.1 Å². The Morgan fingerprint density at radius 3 is 2.56 bits per heavy atom. The quantitative estimate of drug-likeness (QED) is 0.807. The first-order valence-corrected chi connectivity index (χ1v) is 6.47.